The fourth-order valence-corrected chi connectivity index (χ4v) is 4.84. The first kappa shape index (κ1) is 20.3. The van der Waals surface area contributed by atoms with Crippen molar-refractivity contribution in [1.29, 1.82) is 0 Å². The molecule has 2 aromatic carbocycles. The standard InChI is InChI=1S/C24H23BO6/c25-21-20-19(22(27)29-15-17-9-5-2-6-10-17)24(31-21,23(30-20)11-12-23)13-18(26)28-14-16-7-3-1-4-8-16/h1-10,19-21H,11-15H2/t19?,20?,21-,24-/m1/s1. The Balaban J connectivity index is 1.31. The van der Waals surface area contributed by atoms with E-state index in [0.29, 0.717) is 12.8 Å². The van der Waals surface area contributed by atoms with Gasteiger partial charge >= 0.3 is 11.9 Å². The summed E-state index contributed by atoms with van der Waals surface area (Å²) in [4.78, 5) is 25.9. The number of rotatable bonds is 7. The van der Waals surface area contributed by atoms with Gasteiger partial charge in [-0.05, 0) is 24.0 Å². The van der Waals surface area contributed by atoms with E-state index in [-0.39, 0.29) is 19.6 Å². The smallest absolute Gasteiger partial charge is 0.315 e. The zero-order chi connectivity index (χ0) is 21.5. The van der Waals surface area contributed by atoms with E-state index in [2.05, 4.69) is 0 Å². The van der Waals surface area contributed by atoms with Crippen LogP contribution in [0.1, 0.15) is 30.4 Å². The Hall–Kier alpha value is -2.64. The summed E-state index contributed by atoms with van der Waals surface area (Å²) in [7, 11) is 6.12. The van der Waals surface area contributed by atoms with Crippen molar-refractivity contribution in [2.45, 2.75) is 55.8 Å². The third-order valence-electron chi connectivity index (χ3n) is 6.47. The van der Waals surface area contributed by atoms with Crippen LogP contribution < -0.4 is 0 Å². The average Bonchev–Trinajstić information content (AvgIpc) is 3.45. The third kappa shape index (κ3) is 3.56. The van der Waals surface area contributed by atoms with Gasteiger partial charge in [0, 0.05) is 6.00 Å². The van der Waals surface area contributed by atoms with Gasteiger partial charge in [-0.1, -0.05) is 60.7 Å². The average molecular weight is 418 g/mol. The van der Waals surface area contributed by atoms with Crippen molar-refractivity contribution in [2.75, 3.05) is 0 Å². The molecule has 1 aliphatic carbocycles. The first-order valence-corrected chi connectivity index (χ1v) is 10.5. The molecule has 3 fully saturated rings. The van der Waals surface area contributed by atoms with Crippen LogP contribution in [0, 0.1) is 5.92 Å². The van der Waals surface area contributed by atoms with Gasteiger partial charge in [0.2, 0.25) is 0 Å². The fourth-order valence-electron chi connectivity index (χ4n) is 4.84. The van der Waals surface area contributed by atoms with Gasteiger partial charge in [-0.3, -0.25) is 9.59 Å². The maximum Gasteiger partial charge on any atom is 0.315 e. The number of hydrogen-bond donors (Lipinski definition) is 0. The lowest BCUT2D eigenvalue weighted by Crippen LogP contribution is -2.51. The fraction of sp³-hybridized carbons (Fsp3) is 0.417. The Labute approximate surface area is 182 Å². The first-order valence-electron chi connectivity index (χ1n) is 10.5. The highest BCUT2D eigenvalue weighted by molar-refractivity contribution is 6.12. The molecule has 31 heavy (non-hydrogen) atoms. The number of benzene rings is 2. The molecule has 2 heterocycles. The molecule has 2 aromatic rings. The largest absolute Gasteiger partial charge is 0.461 e. The Bertz CT molecular complexity index is 961. The minimum atomic E-state index is -1.15. The highest BCUT2D eigenvalue weighted by atomic mass is 16.6. The number of carbonyl (C=O) groups is 2. The molecular weight excluding hydrogens is 395 g/mol. The summed E-state index contributed by atoms with van der Waals surface area (Å²) in [6.45, 7) is 0.294. The van der Waals surface area contributed by atoms with Gasteiger partial charge < -0.3 is 18.9 Å². The Morgan fingerprint density at radius 1 is 0.903 bits per heavy atom. The van der Waals surface area contributed by atoms with E-state index >= 15 is 0 Å². The number of carbonyl (C=O) groups excluding carboxylic acids is 2. The van der Waals surface area contributed by atoms with Gasteiger partial charge in [0.25, 0.3) is 0 Å². The summed E-state index contributed by atoms with van der Waals surface area (Å²) < 4.78 is 23.3. The van der Waals surface area contributed by atoms with E-state index in [1.54, 1.807) is 0 Å². The maximum absolute atomic E-state index is 13.1. The molecule has 2 bridgehead atoms. The minimum Gasteiger partial charge on any atom is -0.461 e. The summed E-state index contributed by atoms with van der Waals surface area (Å²) in [6.07, 6.45) is 0.692. The lowest BCUT2D eigenvalue weighted by Gasteiger charge is -2.37. The Morgan fingerprint density at radius 3 is 2.06 bits per heavy atom. The molecule has 0 amide bonds. The second-order valence-electron chi connectivity index (χ2n) is 8.44. The second-order valence-corrected chi connectivity index (χ2v) is 8.44. The zero-order valence-electron chi connectivity index (χ0n) is 17.1. The van der Waals surface area contributed by atoms with Gasteiger partial charge in [-0.15, -0.1) is 0 Å². The molecule has 7 heteroatoms. The molecule has 2 radical (unpaired) electrons. The quantitative estimate of drug-likeness (QED) is 0.509. The molecule has 4 atom stereocenters. The highest BCUT2D eigenvalue weighted by Crippen LogP contribution is 2.66. The summed E-state index contributed by atoms with van der Waals surface area (Å²) in [5, 5.41) is 0. The van der Waals surface area contributed by atoms with Crippen molar-refractivity contribution < 1.29 is 28.5 Å². The topological polar surface area (TPSA) is 71.1 Å². The molecule has 6 nitrogen and oxygen atoms in total. The van der Waals surface area contributed by atoms with Crippen LogP contribution in [-0.2, 0) is 41.8 Å². The minimum absolute atomic E-state index is 0.102. The maximum atomic E-state index is 13.1. The van der Waals surface area contributed by atoms with Gasteiger partial charge in [0.05, 0.1) is 18.1 Å². The Kier molecular flexibility index (Phi) is 5.11. The van der Waals surface area contributed by atoms with E-state index in [4.69, 9.17) is 26.8 Å². The van der Waals surface area contributed by atoms with Gasteiger partial charge in [0.1, 0.15) is 32.6 Å². The number of ether oxygens (including phenoxy) is 4. The lowest BCUT2D eigenvalue weighted by molar-refractivity contribution is -0.191. The van der Waals surface area contributed by atoms with E-state index in [0.717, 1.165) is 11.1 Å². The summed E-state index contributed by atoms with van der Waals surface area (Å²) in [5.74, 6) is -1.67. The molecule has 158 valence electrons. The van der Waals surface area contributed by atoms with E-state index in [1.807, 2.05) is 60.7 Å². The number of hydrogen-bond acceptors (Lipinski definition) is 6. The van der Waals surface area contributed by atoms with Crippen molar-refractivity contribution in [1.82, 2.24) is 0 Å². The van der Waals surface area contributed by atoms with Crippen LogP contribution in [0.4, 0.5) is 0 Å². The van der Waals surface area contributed by atoms with Crippen molar-refractivity contribution in [3.8, 4) is 0 Å². The van der Waals surface area contributed by atoms with Crippen molar-refractivity contribution in [3.63, 3.8) is 0 Å². The lowest BCUT2D eigenvalue weighted by atomic mass is 9.78. The van der Waals surface area contributed by atoms with Crippen LogP contribution in [0.15, 0.2) is 60.7 Å². The molecule has 0 aromatic heterocycles. The SMILES string of the molecule is [B][C@@H]1O[C@]2(CC(=O)OCc3ccccc3)C(C(=O)OCc3ccccc3)C1OC21CC1. The first-order chi connectivity index (χ1) is 15.0. The zero-order valence-corrected chi connectivity index (χ0v) is 17.1. The predicted octanol–water partition coefficient (Wildman–Crippen LogP) is 2.67. The van der Waals surface area contributed by atoms with Crippen LogP contribution >= 0.6 is 0 Å². The molecule has 2 unspecified atom stereocenters. The third-order valence-corrected chi connectivity index (χ3v) is 6.47. The molecule has 2 saturated heterocycles. The molecule has 1 saturated carbocycles. The van der Waals surface area contributed by atoms with Crippen LogP contribution in [0.25, 0.3) is 0 Å². The van der Waals surface area contributed by atoms with Crippen LogP contribution in [0.2, 0.25) is 0 Å². The van der Waals surface area contributed by atoms with Gasteiger partial charge in [-0.25, -0.2) is 0 Å². The van der Waals surface area contributed by atoms with Crippen LogP contribution in [0.3, 0.4) is 0 Å². The van der Waals surface area contributed by atoms with E-state index < -0.39 is 41.2 Å². The summed E-state index contributed by atoms with van der Waals surface area (Å²) >= 11 is 0. The predicted molar refractivity (Wildman–Crippen MR) is 111 cm³/mol. The molecule has 1 spiro atoms. The van der Waals surface area contributed by atoms with Crippen molar-refractivity contribution in [2.24, 2.45) is 5.92 Å². The molecule has 3 aliphatic rings. The normalized spacial score (nSPS) is 29.6. The number of fused-ring (bicyclic) bond motifs is 3. The molecule has 2 aliphatic heterocycles. The Morgan fingerprint density at radius 2 is 1.48 bits per heavy atom. The van der Waals surface area contributed by atoms with Crippen molar-refractivity contribution in [3.05, 3.63) is 71.8 Å². The molecule has 5 rings (SSSR count). The van der Waals surface area contributed by atoms with Crippen LogP contribution in [0.5, 0.6) is 0 Å². The molecule has 0 N–H and O–H groups in total. The highest BCUT2D eigenvalue weighted by Gasteiger charge is 2.79. The van der Waals surface area contributed by atoms with Crippen LogP contribution in [-0.4, -0.2) is 43.1 Å². The summed E-state index contributed by atoms with van der Waals surface area (Å²) in [5.41, 5.74) is -0.0587. The van der Waals surface area contributed by atoms with Crippen molar-refractivity contribution >= 4 is 19.8 Å². The second kappa shape index (κ2) is 7.81. The number of esters is 2. The molecular formula is C24H23BO6. The van der Waals surface area contributed by atoms with E-state index in [1.165, 1.54) is 0 Å². The van der Waals surface area contributed by atoms with Gasteiger partial charge in [-0.2, -0.15) is 0 Å². The van der Waals surface area contributed by atoms with Gasteiger partial charge in [0.15, 0.2) is 0 Å². The van der Waals surface area contributed by atoms with E-state index in [9.17, 15) is 9.59 Å². The monoisotopic (exact) mass is 418 g/mol. The summed E-state index contributed by atoms with van der Waals surface area (Å²) in [6, 6.07) is 18.1.